The molecule has 206 valence electrons. The Morgan fingerprint density at radius 3 is 1.91 bits per heavy atom. The predicted molar refractivity (Wildman–Crippen MR) is 175 cm³/mol. The molecule has 0 aliphatic rings. The highest BCUT2D eigenvalue weighted by Crippen LogP contribution is 2.39. The molecule has 0 aliphatic carbocycles. The zero-order valence-corrected chi connectivity index (χ0v) is 23.5. The number of anilines is 3. The molecule has 1 N–H and O–H groups in total. The summed E-state index contributed by atoms with van der Waals surface area (Å²) in [6.07, 6.45) is 4.07. The molecule has 0 bridgehead atoms. The molecule has 0 saturated heterocycles. The summed E-state index contributed by atoms with van der Waals surface area (Å²) in [6, 6.07) is 39.9. The Kier molecular flexibility index (Phi) is 7.57. The van der Waals surface area contributed by atoms with E-state index in [9.17, 15) is 10.4 Å². The molecule has 0 fully saturated rings. The second-order valence-electron chi connectivity index (χ2n) is 10.1. The monoisotopic (exact) mass is 557 g/mol. The van der Waals surface area contributed by atoms with Crippen molar-refractivity contribution in [3.63, 3.8) is 0 Å². The normalized spacial score (nSPS) is 11.0. The largest absolute Gasteiger partial charge is 0.497 e. The molecule has 6 rings (SSSR count). The summed E-state index contributed by atoms with van der Waals surface area (Å²) in [4.78, 5) is 6.00. The van der Waals surface area contributed by atoms with Crippen molar-refractivity contribution in [1.29, 1.82) is 5.26 Å². The van der Waals surface area contributed by atoms with Gasteiger partial charge in [0.05, 0.1) is 25.9 Å². The van der Waals surface area contributed by atoms with Crippen molar-refractivity contribution in [3.05, 3.63) is 149 Å². The van der Waals surface area contributed by atoms with Crippen molar-refractivity contribution in [2.45, 2.75) is 6.61 Å². The third kappa shape index (κ3) is 5.29. The number of fused-ring (bicyclic) bond motifs is 2. The molecule has 6 aromatic rings. The van der Waals surface area contributed by atoms with Crippen LogP contribution in [-0.2, 0) is 6.61 Å². The number of benzene rings is 6. The van der Waals surface area contributed by atoms with Crippen molar-refractivity contribution in [2.24, 2.45) is 0 Å². The maximum atomic E-state index is 9.91. The molecular weight excluding hydrogens is 530 g/mol. The maximum absolute atomic E-state index is 9.91. The average Bonchev–Trinajstić information content (AvgIpc) is 3.07. The topological polar surface area (TPSA) is 60.9 Å². The zero-order valence-electron chi connectivity index (χ0n) is 23.5. The Morgan fingerprint density at radius 1 is 0.744 bits per heavy atom. The molecule has 5 heteroatoms. The van der Waals surface area contributed by atoms with Crippen molar-refractivity contribution >= 4 is 56.4 Å². The summed E-state index contributed by atoms with van der Waals surface area (Å²) in [5.41, 5.74) is 6.93. The number of aliphatic hydroxyl groups is 1. The van der Waals surface area contributed by atoms with Crippen LogP contribution in [0.15, 0.2) is 115 Å². The SMILES string of the molecule is [C-]#[N+]c1c2ccccc2c(C#N)c2ccc(/C=C/c3ccc(N(c4ccc(CO)cc4)c4ccc(OC)cc4)cc3)cc12. The molecule has 5 nitrogen and oxygen atoms in total. The van der Waals surface area contributed by atoms with Gasteiger partial charge in [-0.15, -0.1) is 0 Å². The second kappa shape index (κ2) is 11.9. The summed E-state index contributed by atoms with van der Waals surface area (Å²) in [5.74, 6) is 0.786. The van der Waals surface area contributed by atoms with Gasteiger partial charge in [-0.3, -0.25) is 0 Å². The van der Waals surface area contributed by atoms with Crippen LogP contribution in [0.3, 0.4) is 0 Å². The average molecular weight is 558 g/mol. The standard InChI is InChI=1S/C38H27N3O2/c1-40-38-35-6-4-3-5-33(35)37(24-39)34-22-13-27(23-36(34)38)8-7-26-9-14-29(15-10-26)41(30-16-11-28(25-42)12-17-30)31-18-20-32(43-2)21-19-31/h3-23,42H,25H2,2H3/b8-7+. The minimum absolute atomic E-state index is 0.00365. The summed E-state index contributed by atoms with van der Waals surface area (Å²) in [6.45, 7) is 7.86. The van der Waals surface area contributed by atoms with Gasteiger partial charge in [-0.2, -0.15) is 5.26 Å². The van der Waals surface area contributed by atoms with Gasteiger partial charge in [0.25, 0.3) is 0 Å². The van der Waals surface area contributed by atoms with E-state index in [-0.39, 0.29) is 6.61 Å². The van der Waals surface area contributed by atoms with Gasteiger partial charge in [-0.05, 0) is 86.8 Å². The number of rotatable bonds is 7. The Morgan fingerprint density at radius 2 is 1.30 bits per heavy atom. The van der Waals surface area contributed by atoms with Crippen molar-refractivity contribution in [2.75, 3.05) is 12.0 Å². The highest BCUT2D eigenvalue weighted by molar-refractivity contribution is 6.15. The lowest BCUT2D eigenvalue weighted by Crippen LogP contribution is -2.10. The highest BCUT2D eigenvalue weighted by Gasteiger charge is 2.15. The van der Waals surface area contributed by atoms with Crippen molar-refractivity contribution in [1.82, 2.24) is 0 Å². The number of aliphatic hydroxyl groups excluding tert-OH is 1. The third-order valence-corrected chi connectivity index (χ3v) is 7.57. The van der Waals surface area contributed by atoms with Crippen LogP contribution in [0.5, 0.6) is 5.75 Å². The minimum Gasteiger partial charge on any atom is -0.497 e. The van der Waals surface area contributed by atoms with Gasteiger partial charge in [0, 0.05) is 17.1 Å². The van der Waals surface area contributed by atoms with E-state index in [1.807, 2.05) is 103 Å². The van der Waals surface area contributed by atoms with Crippen molar-refractivity contribution < 1.29 is 9.84 Å². The van der Waals surface area contributed by atoms with E-state index in [1.54, 1.807) is 7.11 Å². The van der Waals surface area contributed by atoms with Gasteiger partial charge in [0.2, 0.25) is 5.69 Å². The summed E-state index contributed by atoms with van der Waals surface area (Å²) < 4.78 is 5.35. The minimum atomic E-state index is -0.00365. The third-order valence-electron chi connectivity index (χ3n) is 7.57. The fourth-order valence-electron chi connectivity index (χ4n) is 5.37. The van der Waals surface area contributed by atoms with Gasteiger partial charge >= 0.3 is 0 Å². The fraction of sp³-hybridized carbons (Fsp3) is 0.0526. The van der Waals surface area contributed by atoms with Crippen LogP contribution in [0.2, 0.25) is 0 Å². The molecule has 0 spiro atoms. The van der Waals surface area contributed by atoms with Crippen LogP contribution in [0.1, 0.15) is 22.3 Å². The first-order valence-corrected chi connectivity index (χ1v) is 13.8. The Bertz CT molecular complexity index is 2000. The molecule has 0 saturated carbocycles. The molecule has 43 heavy (non-hydrogen) atoms. The first kappa shape index (κ1) is 27.3. The molecule has 0 amide bonds. The molecule has 6 aromatic carbocycles. The maximum Gasteiger partial charge on any atom is 0.202 e. The van der Waals surface area contributed by atoms with E-state index < -0.39 is 0 Å². The molecular formula is C38H27N3O2. The first-order valence-electron chi connectivity index (χ1n) is 13.8. The molecule has 0 atom stereocenters. The van der Waals surface area contributed by atoms with Crippen LogP contribution in [-0.4, -0.2) is 12.2 Å². The number of nitriles is 1. The Hall–Kier alpha value is -5.88. The molecule has 0 aromatic heterocycles. The summed E-state index contributed by atoms with van der Waals surface area (Å²) in [7, 11) is 1.65. The van der Waals surface area contributed by atoms with Crippen LogP contribution >= 0.6 is 0 Å². The first-order chi connectivity index (χ1) is 21.1. The lowest BCUT2D eigenvalue weighted by Gasteiger charge is -2.26. The Balaban J connectivity index is 1.34. The second-order valence-corrected chi connectivity index (χ2v) is 10.1. The van der Waals surface area contributed by atoms with E-state index in [2.05, 4.69) is 40.1 Å². The number of hydrogen-bond acceptors (Lipinski definition) is 4. The van der Waals surface area contributed by atoms with Gasteiger partial charge in [0.1, 0.15) is 11.8 Å². The number of methoxy groups -OCH3 is 1. The Labute approximate surface area is 250 Å². The predicted octanol–water partition coefficient (Wildman–Crippen LogP) is 9.56. The van der Waals surface area contributed by atoms with Crippen LogP contribution < -0.4 is 9.64 Å². The summed E-state index contributed by atoms with van der Waals surface area (Å²) in [5, 5.41) is 22.6. The lowest BCUT2D eigenvalue weighted by molar-refractivity contribution is 0.282. The van der Waals surface area contributed by atoms with Crippen LogP contribution in [0.4, 0.5) is 22.7 Å². The van der Waals surface area contributed by atoms with E-state index in [4.69, 9.17) is 11.3 Å². The van der Waals surface area contributed by atoms with E-state index in [1.165, 1.54) is 0 Å². The van der Waals surface area contributed by atoms with Crippen LogP contribution in [0, 0.1) is 17.9 Å². The fourth-order valence-corrected chi connectivity index (χ4v) is 5.37. The lowest BCUT2D eigenvalue weighted by atomic mass is 9.94. The number of hydrogen-bond donors (Lipinski definition) is 1. The number of ether oxygens (including phenoxy) is 1. The molecule has 0 unspecified atom stereocenters. The summed E-state index contributed by atoms with van der Waals surface area (Å²) >= 11 is 0. The quantitative estimate of drug-likeness (QED) is 0.121. The van der Waals surface area contributed by atoms with E-state index in [0.29, 0.717) is 11.3 Å². The smallest absolute Gasteiger partial charge is 0.202 e. The van der Waals surface area contributed by atoms with Gasteiger partial charge in [-0.25, -0.2) is 4.85 Å². The zero-order chi connectivity index (χ0) is 29.8. The van der Waals surface area contributed by atoms with E-state index in [0.717, 1.165) is 61.0 Å². The van der Waals surface area contributed by atoms with Gasteiger partial charge < -0.3 is 14.7 Å². The number of nitrogens with zero attached hydrogens (tertiary/aromatic N) is 3. The van der Waals surface area contributed by atoms with Gasteiger partial charge in [-0.1, -0.05) is 78.9 Å². The highest BCUT2D eigenvalue weighted by atomic mass is 16.5. The van der Waals surface area contributed by atoms with Crippen molar-refractivity contribution in [3.8, 4) is 11.8 Å². The molecule has 0 heterocycles. The van der Waals surface area contributed by atoms with E-state index >= 15 is 0 Å². The van der Waals surface area contributed by atoms with Gasteiger partial charge in [0.15, 0.2) is 0 Å². The van der Waals surface area contributed by atoms with Crippen LogP contribution in [0.25, 0.3) is 38.5 Å². The molecule has 0 radical (unpaired) electrons. The molecule has 0 aliphatic heterocycles.